The van der Waals surface area contributed by atoms with Gasteiger partial charge in [0.15, 0.2) is 0 Å². The Bertz CT molecular complexity index is 556. The molecule has 3 atom stereocenters. The van der Waals surface area contributed by atoms with Gasteiger partial charge in [-0.1, -0.05) is 13.8 Å². The van der Waals surface area contributed by atoms with Gasteiger partial charge in [-0.25, -0.2) is 0 Å². The van der Waals surface area contributed by atoms with Gasteiger partial charge in [-0.15, -0.1) is 0 Å². The van der Waals surface area contributed by atoms with Crippen molar-refractivity contribution < 1.29 is 29.1 Å². The van der Waals surface area contributed by atoms with Crippen LogP contribution in [0.25, 0.3) is 0 Å². The Labute approximate surface area is 156 Å². The van der Waals surface area contributed by atoms with E-state index in [2.05, 4.69) is 28.6 Å². The van der Waals surface area contributed by atoms with Gasteiger partial charge in [0.1, 0.15) is 18.6 Å². The first-order chi connectivity index (χ1) is 12.0. The zero-order chi connectivity index (χ0) is 20.4. The second-order valence-electron chi connectivity index (χ2n) is 5.86. The molecule has 0 fully saturated rings. The summed E-state index contributed by atoms with van der Waals surface area (Å²) in [6.45, 7) is 2.78. The Morgan fingerprint density at radius 1 is 1.00 bits per heavy atom. The monoisotopic (exact) mass is 391 g/mol. The zero-order valence-corrected chi connectivity index (χ0v) is 15.4. The predicted octanol–water partition coefficient (Wildman–Crippen LogP) is -3.05. The summed E-state index contributed by atoms with van der Waals surface area (Å²) in [4.78, 5) is 57.8. The van der Waals surface area contributed by atoms with E-state index in [4.69, 9.17) is 16.6 Å². The highest BCUT2D eigenvalue weighted by Crippen LogP contribution is 2.01. The number of hydrogen-bond acceptors (Lipinski definition) is 7. The number of carboxylic acid groups (broad SMARTS) is 1. The molecule has 8 N–H and O–H groups in total. The Morgan fingerprint density at radius 3 is 1.96 bits per heavy atom. The molecule has 0 aliphatic heterocycles. The number of carboxylic acids is 1. The number of hydrogen-bond donors (Lipinski definition) is 7. The van der Waals surface area contributed by atoms with Crippen LogP contribution < -0.4 is 27.4 Å². The highest BCUT2D eigenvalue weighted by atomic mass is 32.1. The maximum Gasteiger partial charge on any atom is 0.322 e. The smallest absolute Gasteiger partial charge is 0.322 e. The van der Waals surface area contributed by atoms with Crippen LogP contribution in [0.1, 0.15) is 20.3 Å². The lowest BCUT2D eigenvalue weighted by Crippen LogP contribution is -2.57. The van der Waals surface area contributed by atoms with Crippen LogP contribution in [0.4, 0.5) is 0 Å². The summed E-state index contributed by atoms with van der Waals surface area (Å²) < 4.78 is 0. The summed E-state index contributed by atoms with van der Waals surface area (Å²) in [5.74, 6) is -4.74. The largest absolute Gasteiger partial charge is 0.480 e. The van der Waals surface area contributed by atoms with Crippen LogP contribution in [0.3, 0.4) is 0 Å². The Morgan fingerprint density at radius 2 is 1.54 bits per heavy atom. The lowest BCUT2D eigenvalue weighted by molar-refractivity contribution is -0.138. The molecule has 0 rings (SSSR count). The minimum absolute atomic E-state index is 0.139. The first-order valence-corrected chi connectivity index (χ1v) is 8.37. The minimum Gasteiger partial charge on any atom is -0.480 e. The number of aliphatic carboxylic acids is 1. The number of rotatable bonds is 11. The molecule has 0 aromatic heterocycles. The molecular formula is C14H25N5O6S. The highest BCUT2D eigenvalue weighted by Gasteiger charge is 2.29. The third-order valence-electron chi connectivity index (χ3n) is 3.29. The Kier molecular flexibility index (Phi) is 10.3. The van der Waals surface area contributed by atoms with Crippen LogP contribution in [0.15, 0.2) is 0 Å². The van der Waals surface area contributed by atoms with E-state index in [1.807, 2.05) is 0 Å². The molecule has 0 aliphatic carbocycles. The summed E-state index contributed by atoms with van der Waals surface area (Å²) in [5.41, 5.74) is 10.8. The van der Waals surface area contributed by atoms with Crippen molar-refractivity contribution in [1.82, 2.24) is 16.0 Å². The lowest BCUT2D eigenvalue weighted by atomic mass is 10.0. The number of primary amides is 1. The molecule has 11 nitrogen and oxygen atoms in total. The van der Waals surface area contributed by atoms with Crippen LogP contribution >= 0.6 is 12.6 Å². The lowest BCUT2D eigenvalue weighted by Gasteiger charge is -2.23. The number of thiol groups is 1. The van der Waals surface area contributed by atoms with Gasteiger partial charge in [0, 0.05) is 5.75 Å². The number of carbonyl (C=O) groups excluding carboxylic acids is 4. The van der Waals surface area contributed by atoms with E-state index in [-0.39, 0.29) is 11.7 Å². The van der Waals surface area contributed by atoms with Crippen molar-refractivity contribution in [2.45, 2.75) is 38.4 Å². The average Bonchev–Trinajstić information content (AvgIpc) is 2.55. The predicted molar refractivity (Wildman–Crippen MR) is 95.0 cm³/mol. The molecule has 0 heterocycles. The second kappa shape index (κ2) is 11.3. The van der Waals surface area contributed by atoms with Crippen LogP contribution in [0, 0.1) is 5.92 Å². The Hall–Kier alpha value is -2.34. The minimum atomic E-state index is -1.33. The molecule has 4 amide bonds. The first-order valence-electron chi connectivity index (χ1n) is 7.74. The van der Waals surface area contributed by atoms with E-state index >= 15 is 0 Å². The summed E-state index contributed by atoms with van der Waals surface area (Å²) in [5, 5.41) is 15.2. The molecule has 12 heteroatoms. The van der Waals surface area contributed by atoms with Crippen molar-refractivity contribution in [2.24, 2.45) is 17.4 Å². The van der Waals surface area contributed by atoms with Gasteiger partial charge in [-0.2, -0.15) is 12.6 Å². The normalized spacial score (nSPS) is 14.0. The van der Waals surface area contributed by atoms with Gasteiger partial charge in [-0.05, 0) is 5.92 Å². The van der Waals surface area contributed by atoms with E-state index in [0.717, 1.165) is 0 Å². The van der Waals surface area contributed by atoms with Gasteiger partial charge in [-0.3, -0.25) is 24.0 Å². The van der Waals surface area contributed by atoms with Gasteiger partial charge in [0.05, 0.1) is 12.5 Å². The van der Waals surface area contributed by atoms with Crippen molar-refractivity contribution in [2.75, 3.05) is 12.3 Å². The molecule has 148 valence electrons. The first kappa shape index (κ1) is 23.7. The number of nitrogens with two attached hydrogens (primary N) is 2. The quantitative estimate of drug-likeness (QED) is 0.182. The molecule has 0 spiro atoms. The molecule has 0 saturated heterocycles. The molecule has 0 aromatic carbocycles. The average molecular weight is 391 g/mol. The van der Waals surface area contributed by atoms with E-state index in [9.17, 15) is 24.0 Å². The van der Waals surface area contributed by atoms with Gasteiger partial charge >= 0.3 is 5.97 Å². The molecule has 0 saturated carbocycles. The van der Waals surface area contributed by atoms with Crippen molar-refractivity contribution in [3.8, 4) is 0 Å². The molecule has 0 aliphatic rings. The number of carbonyl (C=O) groups is 5. The fraction of sp³-hybridized carbons (Fsp3) is 0.643. The molecule has 0 aromatic rings. The van der Waals surface area contributed by atoms with Gasteiger partial charge in [0.2, 0.25) is 23.6 Å². The van der Waals surface area contributed by atoms with Crippen LogP contribution in [-0.2, 0) is 24.0 Å². The highest BCUT2D eigenvalue weighted by molar-refractivity contribution is 7.80. The van der Waals surface area contributed by atoms with E-state index in [1.165, 1.54) is 0 Å². The Balaban J connectivity index is 5.04. The SMILES string of the molecule is CC(C)C(N)C(=O)NC(CC(N)=O)C(=O)NC(CS)C(=O)NCC(=O)O. The maximum atomic E-state index is 12.3. The maximum absolute atomic E-state index is 12.3. The van der Waals surface area contributed by atoms with Crippen LogP contribution in [0.5, 0.6) is 0 Å². The second-order valence-corrected chi connectivity index (χ2v) is 6.22. The molecule has 26 heavy (non-hydrogen) atoms. The van der Waals surface area contributed by atoms with E-state index in [0.29, 0.717) is 0 Å². The van der Waals surface area contributed by atoms with E-state index < -0.39 is 60.7 Å². The summed E-state index contributed by atoms with van der Waals surface area (Å²) in [7, 11) is 0. The van der Waals surface area contributed by atoms with Crippen molar-refractivity contribution >= 4 is 42.2 Å². The summed E-state index contributed by atoms with van der Waals surface area (Å²) in [6.07, 6.45) is -0.502. The van der Waals surface area contributed by atoms with Crippen molar-refractivity contribution in [3.05, 3.63) is 0 Å². The van der Waals surface area contributed by atoms with Gasteiger partial charge in [0.25, 0.3) is 0 Å². The third-order valence-corrected chi connectivity index (χ3v) is 3.65. The topological polar surface area (TPSA) is 194 Å². The summed E-state index contributed by atoms with van der Waals surface area (Å²) >= 11 is 3.92. The van der Waals surface area contributed by atoms with Crippen molar-refractivity contribution in [1.29, 1.82) is 0 Å². The van der Waals surface area contributed by atoms with Crippen LogP contribution in [-0.4, -0.2) is 65.1 Å². The van der Waals surface area contributed by atoms with E-state index in [1.54, 1.807) is 13.8 Å². The van der Waals surface area contributed by atoms with Crippen molar-refractivity contribution in [3.63, 3.8) is 0 Å². The van der Waals surface area contributed by atoms with Gasteiger partial charge < -0.3 is 32.5 Å². The number of nitrogens with one attached hydrogen (secondary N) is 3. The zero-order valence-electron chi connectivity index (χ0n) is 14.5. The molecule has 0 radical (unpaired) electrons. The van der Waals surface area contributed by atoms with Crippen LogP contribution in [0.2, 0.25) is 0 Å². The standard InChI is InChI=1S/C14H25N5O6S/c1-6(2)11(16)14(25)18-7(3-9(15)20)13(24)19-8(5-26)12(23)17-4-10(21)22/h6-8,11,26H,3-5,16H2,1-2H3,(H2,15,20)(H,17,23)(H,18,25)(H,19,24)(H,21,22). The molecule has 0 bridgehead atoms. The molecular weight excluding hydrogens is 366 g/mol. The fourth-order valence-electron chi connectivity index (χ4n) is 1.73. The molecule has 3 unspecified atom stereocenters. The number of amides is 4. The fourth-order valence-corrected chi connectivity index (χ4v) is 1.99. The summed E-state index contributed by atoms with van der Waals surface area (Å²) in [6, 6.07) is -3.41. The third kappa shape index (κ3) is 8.67.